The number of halogens is 1. The van der Waals surface area contributed by atoms with Gasteiger partial charge in [0.15, 0.2) is 0 Å². The number of nitrogens with two attached hydrogens (primary N) is 1. The van der Waals surface area contributed by atoms with Gasteiger partial charge >= 0.3 is 0 Å². The van der Waals surface area contributed by atoms with E-state index in [0.29, 0.717) is 5.92 Å². The molecule has 1 fully saturated rings. The van der Waals surface area contributed by atoms with Gasteiger partial charge in [-0.25, -0.2) is 4.39 Å². The lowest BCUT2D eigenvalue weighted by Crippen LogP contribution is -2.35. The van der Waals surface area contributed by atoms with Crippen molar-refractivity contribution >= 4 is 0 Å². The Morgan fingerprint density at radius 2 is 2.17 bits per heavy atom. The van der Waals surface area contributed by atoms with E-state index in [0.717, 1.165) is 23.5 Å². The van der Waals surface area contributed by atoms with Crippen molar-refractivity contribution in [3.63, 3.8) is 0 Å². The molecule has 1 aromatic carbocycles. The lowest BCUT2D eigenvalue weighted by molar-refractivity contribution is 0.245. The summed E-state index contributed by atoms with van der Waals surface area (Å²) in [5.74, 6) is 1.25. The van der Waals surface area contributed by atoms with E-state index in [4.69, 9.17) is 5.73 Å². The van der Waals surface area contributed by atoms with Crippen molar-refractivity contribution < 1.29 is 4.39 Å². The van der Waals surface area contributed by atoms with Crippen LogP contribution in [-0.2, 0) is 6.42 Å². The first-order valence-corrected chi connectivity index (χ1v) is 7.07. The maximum atomic E-state index is 13.3. The summed E-state index contributed by atoms with van der Waals surface area (Å²) >= 11 is 0. The van der Waals surface area contributed by atoms with E-state index >= 15 is 0 Å². The van der Waals surface area contributed by atoms with Gasteiger partial charge in [-0.2, -0.15) is 0 Å². The first-order chi connectivity index (χ1) is 8.56. The molecule has 2 rings (SSSR count). The molecule has 0 radical (unpaired) electrons. The molecule has 18 heavy (non-hydrogen) atoms. The second-order valence-electron chi connectivity index (χ2n) is 5.97. The fraction of sp³-hybridized carbons (Fsp3) is 0.625. The van der Waals surface area contributed by atoms with Crippen LogP contribution in [0.5, 0.6) is 0 Å². The average molecular weight is 249 g/mol. The molecule has 3 atom stereocenters. The Kier molecular flexibility index (Phi) is 4.39. The molecule has 2 heteroatoms. The van der Waals surface area contributed by atoms with Gasteiger partial charge < -0.3 is 5.73 Å². The van der Waals surface area contributed by atoms with Gasteiger partial charge in [0, 0.05) is 6.04 Å². The highest BCUT2D eigenvalue weighted by Gasteiger charge is 2.24. The standard InChI is InChI=1S/C16H24FN/c1-11-4-3-5-13(8-11)16(18)10-14-9-15(17)7-6-12(14)2/h6-7,9,11,13,16H,3-5,8,10,18H2,1-2H3. The zero-order chi connectivity index (χ0) is 13.1. The van der Waals surface area contributed by atoms with Gasteiger partial charge in [-0.05, 0) is 61.3 Å². The van der Waals surface area contributed by atoms with Crippen molar-refractivity contribution in [2.24, 2.45) is 17.6 Å². The summed E-state index contributed by atoms with van der Waals surface area (Å²) in [4.78, 5) is 0. The molecule has 1 saturated carbocycles. The van der Waals surface area contributed by atoms with Gasteiger partial charge in [-0.3, -0.25) is 0 Å². The van der Waals surface area contributed by atoms with Crippen LogP contribution in [0.4, 0.5) is 4.39 Å². The second kappa shape index (κ2) is 5.83. The van der Waals surface area contributed by atoms with Crippen molar-refractivity contribution in [1.29, 1.82) is 0 Å². The minimum absolute atomic E-state index is 0.153. The van der Waals surface area contributed by atoms with E-state index in [-0.39, 0.29) is 11.9 Å². The zero-order valence-corrected chi connectivity index (χ0v) is 11.5. The minimum atomic E-state index is -0.153. The molecule has 1 aliphatic carbocycles. The van der Waals surface area contributed by atoms with E-state index in [2.05, 4.69) is 6.92 Å². The lowest BCUT2D eigenvalue weighted by atomic mass is 9.77. The Balaban J connectivity index is 2.01. The number of rotatable bonds is 3. The summed E-state index contributed by atoms with van der Waals surface area (Å²) in [6, 6.07) is 5.18. The zero-order valence-electron chi connectivity index (χ0n) is 11.5. The molecule has 100 valence electrons. The Labute approximate surface area is 110 Å². The molecule has 0 heterocycles. The van der Waals surface area contributed by atoms with Gasteiger partial charge in [0.05, 0.1) is 0 Å². The van der Waals surface area contributed by atoms with Gasteiger partial charge in [0.1, 0.15) is 5.82 Å². The number of hydrogen-bond donors (Lipinski definition) is 1. The van der Waals surface area contributed by atoms with Crippen molar-refractivity contribution in [3.8, 4) is 0 Å². The summed E-state index contributed by atoms with van der Waals surface area (Å²) in [6.07, 6.45) is 5.90. The Morgan fingerprint density at radius 1 is 1.39 bits per heavy atom. The van der Waals surface area contributed by atoms with Crippen LogP contribution in [0.25, 0.3) is 0 Å². The van der Waals surface area contributed by atoms with E-state index in [1.165, 1.54) is 31.7 Å². The molecule has 2 N–H and O–H groups in total. The summed E-state index contributed by atoms with van der Waals surface area (Å²) in [6.45, 7) is 4.34. The summed E-state index contributed by atoms with van der Waals surface area (Å²) < 4.78 is 13.3. The Morgan fingerprint density at radius 3 is 2.89 bits per heavy atom. The molecule has 3 unspecified atom stereocenters. The number of benzene rings is 1. The van der Waals surface area contributed by atoms with Crippen LogP contribution in [0.3, 0.4) is 0 Å². The molecule has 0 aliphatic heterocycles. The Hall–Kier alpha value is -0.890. The molecular formula is C16H24FN. The maximum absolute atomic E-state index is 13.3. The number of aryl methyl sites for hydroxylation is 1. The van der Waals surface area contributed by atoms with Gasteiger partial charge in [0.2, 0.25) is 0 Å². The van der Waals surface area contributed by atoms with Crippen LogP contribution in [0.15, 0.2) is 18.2 Å². The van der Waals surface area contributed by atoms with E-state index in [1.54, 1.807) is 6.07 Å². The fourth-order valence-corrected chi connectivity index (χ4v) is 3.15. The van der Waals surface area contributed by atoms with E-state index in [9.17, 15) is 4.39 Å². The third-order valence-electron chi connectivity index (χ3n) is 4.35. The summed E-state index contributed by atoms with van der Waals surface area (Å²) in [5.41, 5.74) is 8.56. The van der Waals surface area contributed by atoms with Crippen LogP contribution in [0.1, 0.15) is 43.7 Å². The second-order valence-corrected chi connectivity index (χ2v) is 5.97. The first kappa shape index (κ1) is 13.5. The Bertz CT molecular complexity index is 402. The third kappa shape index (κ3) is 3.32. The summed E-state index contributed by atoms with van der Waals surface area (Å²) in [7, 11) is 0. The molecule has 1 aromatic rings. The van der Waals surface area contributed by atoms with Crippen LogP contribution < -0.4 is 5.73 Å². The van der Waals surface area contributed by atoms with Crippen LogP contribution >= 0.6 is 0 Å². The maximum Gasteiger partial charge on any atom is 0.123 e. The molecular weight excluding hydrogens is 225 g/mol. The van der Waals surface area contributed by atoms with E-state index in [1.807, 2.05) is 13.0 Å². The topological polar surface area (TPSA) is 26.0 Å². The fourth-order valence-electron chi connectivity index (χ4n) is 3.15. The van der Waals surface area contributed by atoms with Gasteiger partial charge in [-0.1, -0.05) is 25.8 Å². The highest BCUT2D eigenvalue weighted by molar-refractivity contribution is 5.27. The molecule has 0 spiro atoms. The molecule has 0 saturated heterocycles. The van der Waals surface area contributed by atoms with Gasteiger partial charge in [-0.15, -0.1) is 0 Å². The molecule has 0 aromatic heterocycles. The van der Waals surface area contributed by atoms with E-state index < -0.39 is 0 Å². The first-order valence-electron chi connectivity index (χ1n) is 7.07. The molecule has 0 bridgehead atoms. The normalized spacial score (nSPS) is 26.0. The van der Waals surface area contributed by atoms with Gasteiger partial charge in [0.25, 0.3) is 0 Å². The lowest BCUT2D eigenvalue weighted by Gasteiger charge is -2.31. The highest BCUT2D eigenvalue weighted by atomic mass is 19.1. The van der Waals surface area contributed by atoms with Crippen molar-refractivity contribution in [3.05, 3.63) is 35.1 Å². The number of hydrogen-bond acceptors (Lipinski definition) is 1. The SMILES string of the molecule is Cc1ccc(F)cc1CC(N)C1CCCC(C)C1. The average Bonchev–Trinajstić information content (AvgIpc) is 2.34. The smallest absolute Gasteiger partial charge is 0.123 e. The van der Waals surface area contributed by atoms with Crippen LogP contribution in [-0.4, -0.2) is 6.04 Å². The predicted molar refractivity (Wildman–Crippen MR) is 73.9 cm³/mol. The molecule has 1 nitrogen and oxygen atoms in total. The third-order valence-corrected chi connectivity index (χ3v) is 4.35. The molecule has 1 aliphatic rings. The quantitative estimate of drug-likeness (QED) is 0.865. The van der Waals surface area contributed by atoms with Crippen molar-refractivity contribution in [1.82, 2.24) is 0 Å². The summed E-state index contributed by atoms with van der Waals surface area (Å²) in [5, 5.41) is 0. The monoisotopic (exact) mass is 249 g/mol. The largest absolute Gasteiger partial charge is 0.327 e. The highest BCUT2D eigenvalue weighted by Crippen LogP contribution is 2.31. The van der Waals surface area contributed by atoms with Crippen molar-refractivity contribution in [2.75, 3.05) is 0 Å². The van der Waals surface area contributed by atoms with Crippen molar-refractivity contribution in [2.45, 2.75) is 52.0 Å². The predicted octanol–water partition coefficient (Wildman–Crippen LogP) is 3.83. The van der Waals surface area contributed by atoms with Crippen LogP contribution in [0, 0.1) is 24.6 Å². The van der Waals surface area contributed by atoms with Crippen LogP contribution in [0.2, 0.25) is 0 Å². The minimum Gasteiger partial charge on any atom is -0.327 e. The molecule has 0 amide bonds.